The third-order valence-corrected chi connectivity index (χ3v) is 9.54. The lowest BCUT2D eigenvalue weighted by Crippen LogP contribution is -2.61. The zero-order chi connectivity index (χ0) is 18.0. The van der Waals surface area contributed by atoms with Gasteiger partial charge in [-0.05, 0) is 88.1 Å². The summed E-state index contributed by atoms with van der Waals surface area (Å²) in [6.45, 7) is 4.86. The zero-order valence-corrected chi connectivity index (χ0v) is 16.5. The molecule has 0 aliphatic heterocycles. The maximum absolute atomic E-state index is 11.7. The second kappa shape index (κ2) is 5.94. The van der Waals surface area contributed by atoms with E-state index in [9.17, 15) is 10.1 Å². The molecule has 0 bridgehead atoms. The lowest BCUT2D eigenvalue weighted by molar-refractivity contribution is -0.540. The van der Waals surface area contributed by atoms with Gasteiger partial charge in [0.15, 0.2) is 0 Å². The van der Waals surface area contributed by atoms with Crippen LogP contribution in [0.3, 0.4) is 0 Å². The van der Waals surface area contributed by atoms with E-state index in [1.165, 1.54) is 38.5 Å². The smallest absolute Gasteiger partial charge is 0.218 e. The molecule has 8 atom stereocenters. The normalized spacial score (nSPS) is 52.4. The summed E-state index contributed by atoms with van der Waals surface area (Å²) in [4.78, 5) is 14.2. The summed E-state index contributed by atoms with van der Waals surface area (Å²) >= 11 is 0. The van der Waals surface area contributed by atoms with E-state index in [0.717, 1.165) is 37.0 Å². The molecule has 1 unspecified atom stereocenters. The van der Waals surface area contributed by atoms with E-state index < -0.39 is 0 Å². The van der Waals surface area contributed by atoms with Crippen molar-refractivity contribution in [2.45, 2.75) is 83.7 Å². The topological polar surface area (TPSA) is 46.4 Å². The van der Waals surface area contributed by atoms with Crippen LogP contribution < -0.4 is 0 Å². The monoisotopic (exact) mass is 348 g/mol. The lowest BCUT2D eigenvalue weighted by Gasteiger charge is -2.63. The molecule has 0 aromatic heterocycles. The summed E-state index contributed by atoms with van der Waals surface area (Å²) in [6, 6.07) is 0.399. The van der Waals surface area contributed by atoms with Gasteiger partial charge in [-0.2, -0.15) is 0 Å². The van der Waals surface area contributed by atoms with Gasteiger partial charge in [-0.1, -0.05) is 20.3 Å². The molecule has 25 heavy (non-hydrogen) atoms. The fourth-order valence-corrected chi connectivity index (χ4v) is 8.45. The fourth-order valence-electron chi connectivity index (χ4n) is 8.45. The van der Waals surface area contributed by atoms with Crippen LogP contribution in [-0.4, -0.2) is 36.0 Å². The first-order valence-corrected chi connectivity index (χ1v) is 10.6. The highest BCUT2D eigenvalue weighted by Gasteiger charge is 2.64. The van der Waals surface area contributed by atoms with Crippen molar-refractivity contribution < 1.29 is 4.92 Å². The molecule has 4 heteroatoms. The standard InChI is InChI=1S/C21H36N2O2/c1-20-13-12-17-15(16(20)10-11-18(20)23(24)25)9-8-14-6-5-7-19(22(3)4)21(14,17)2/h14-19H,5-13H2,1-4H3/t14-,15+,16+,17+,18+,19?,20+,21+/m1/s1. The molecule has 0 aromatic rings. The van der Waals surface area contributed by atoms with Gasteiger partial charge in [-0.15, -0.1) is 0 Å². The molecule has 4 saturated carbocycles. The molecule has 0 amide bonds. The maximum Gasteiger partial charge on any atom is 0.218 e. The van der Waals surface area contributed by atoms with E-state index in [1.807, 2.05) is 0 Å². The van der Waals surface area contributed by atoms with E-state index in [-0.39, 0.29) is 16.4 Å². The molecule has 4 nitrogen and oxygen atoms in total. The van der Waals surface area contributed by atoms with Crippen LogP contribution in [0, 0.1) is 44.6 Å². The van der Waals surface area contributed by atoms with Crippen molar-refractivity contribution in [2.24, 2.45) is 34.5 Å². The Morgan fingerprint density at radius 1 is 0.960 bits per heavy atom. The third-order valence-electron chi connectivity index (χ3n) is 9.54. The van der Waals surface area contributed by atoms with Gasteiger partial charge in [0.2, 0.25) is 6.04 Å². The first-order chi connectivity index (χ1) is 11.8. The van der Waals surface area contributed by atoms with Gasteiger partial charge >= 0.3 is 0 Å². The van der Waals surface area contributed by atoms with E-state index in [0.29, 0.717) is 17.4 Å². The number of hydrogen-bond donors (Lipinski definition) is 0. The Kier molecular flexibility index (Phi) is 4.22. The average Bonchev–Trinajstić information content (AvgIpc) is 2.91. The highest BCUT2D eigenvalue weighted by molar-refractivity contribution is 5.11. The summed E-state index contributed by atoms with van der Waals surface area (Å²) in [5.41, 5.74) is 0.370. The van der Waals surface area contributed by atoms with Crippen molar-refractivity contribution in [1.29, 1.82) is 0 Å². The van der Waals surface area contributed by atoms with Gasteiger partial charge in [-0.25, -0.2) is 0 Å². The second-order valence-electron chi connectivity index (χ2n) is 10.4. The minimum Gasteiger partial charge on any atom is -0.306 e. The van der Waals surface area contributed by atoms with Gasteiger partial charge < -0.3 is 4.90 Å². The van der Waals surface area contributed by atoms with Gasteiger partial charge in [0.05, 0.1) is 0 Å². The predicted molar refractivity (Wildman–Crippen MR) is 100.0 cm³/mol. The van der Waals surface area contributed by atoms with Crippen LogP contribution in [0.4, 0.5) is 0 Å². The zero-order valence-electron chi connectivity index (χ0n) is 16.5. The summed E-state index contributed by atoms with van der Waals surface area (Å²) in [6.07, 6.45) is 11.0. The van der Waals surface area contributed by atoms with E-state index >= 15 is 0 Å². The first-order valence-electron chi connectivity index (χ1n) is 10.6. The van der Waals surface area contributed by atoms with Crippen molar-refractivity contribution in [3.8, 4) is 0 Å². The Labute approximate surface area is 152 Å². The highest BCUT2D eigenvalue weighted by atomic mass is 16.6. The molecule has 0 spiro atoms. The van der Waals surface area contributed by atoms with Gasteiger partial charge in [0, 0.05) is 22.8 Å². The first kappa shape index (κ1) is 17.8. The van der Waals surface area contributed by atoms with Gasteiger partial charge in [0.25, 0.3) is 0 Å². The second-order valence-corrected chi connectivity index (χ2v) is 10.4. The van der Waals surface area contributed by atoms with E-state index in [1.54, 1.807) is 0 Å². The van der Waals surface area contributed by atoms with E-state index in [4.69, 9.17) is 0 Å². The summed E-state index contributed by atoms with van der Waals surface area (Å²) in [5, 5.41) is 11.7. The Bertz CT molecular complexity index is 550. The number of nitrogens with zero attached hydrogens (tertiary/aromatic N) is 2. The molecule has 0 saturated heterocycles. The molecular formula is C21H36N2O2. The van der Waals surface area contributed by atoms with Crippen LogP contribution in [0.2, 0.25) is 0 Å². The van der Waals surface area contributed by atoms with Crippen molar-refractivity contribution in [2.75, 3.05) is 14.1 Å². The van der Waals surface area contributed by atoms with Crippen LogP contribution in [0.15, 0.2) is 0 Å². The minimum atomic E-state index is -0.292. The number of nitro groups is 1. The van der Waals surface area contributed by atoms with Crippen LogP contribution >= 0.6 is 0 Å². The molecule has 4 fully saturated rings. The predicted octanol–water partition coefficient (Wildman–Crippen LogP) is 4.60. The Hall–Kier alpha value is -0.640. The Morgan fingerprint density at radius 2 is 1.72 bits per heavy atom. The number of hydrogen-bond acceptors (Lipinski definition) is 3. The van der Waals surface area contributed by atoms with Gasteiger partial charge in [-0.3, -0.25) is 10.1 Å². The van der Waals surface area contributed by atoms with Crippen LogP contribution in [0.1, 0.15) is 71.6 Å². The maximum atomic E-state index is 11.7. The molecule has 4 aliphatic rings. The molecule has 142 valence electrons. The van der Waals surface area contributed by atoms with Crippen molar-refractivity contribution in [1.82, 2.24) is 4.90 Å². The van der Waals surface area contributed by atoms with Crippen LogP contribution in [0.25, 0.3) is 0 Å². The molecule has 0 N–H and O–H groups in total. The van der Waals surface area contributed by atoms with E-state index in [2.05, 4.69) is 32.8 Å². The molecule has 0 heterocycles. The summed E-state index contributed by atoms with van der Waals surface area (Å²) in [7, 11) is 4.54. The quantitative estimate of drug-likeness (QED) is 0.541. The average molecular weight is 349 g/mol. The van der Waals surface area contributed by atoms with Crippen LogP contribution in [-0.2, 0) is 0 Å². The third kappa shape index (κ3) is 2.35. The fraction of sp³-hybridized carbons (Fsp3) is 1.00. The minimum absolute atomic E-state index is 0.0455. The summed E-state index contributed by atoms with van der Waals surface area (Å²) < 4.78 is 0. The Balaban J connectivity index is 1.67. The highest BCUT2D eigenvalue weighted by Crippen LogP contribution is 2.66. The largest absolute Gasteiger partial charge is 0.306 e. The summed E-state index contributed by atoms with van der Waals surface area (Å²) in [5.74, 6) is 2.96. The molecular weight excluding hydrogens is 312 g/mol. The van der Waals surface area contributed by atoms with Crippen LogP contribution in [0.5, 0.6) is 0 Å². The number of fused-ring (bicyclic) bond motifs is 5. The SMILES string of the molecule is CN(C)C1CCC[C@@H]2CC[C@H]3[C@@H]4CC[C@H]([N+](=O)[O-])[C@@]4(C)CC[C@@H]3[C@@]12C. The lowest BCUT2D eigenvalue weighted by atomic mass is 9.44. The molecule has 0 aromatic carbocycles. The number of rotatable bonds is 2. The molecule has 0 radical (unpaired) electrons. The van der Waals surface area contributed by atoms with Crippen molar-refractivity contribution >= 4 is 0 Å². The molecule has 4 aliphatic carbocycles. The van der Waals surface area contributed by atoms with Crippen molar-refractivity contribution in [3.63, 3.8) is 0 Å². The van der Waals surface area contributed by atoms with Gasteiger partial charge in [0.1, 0.15) is 0 Å². The van der Waals surface area contributed by atoms with Crippen molar-refractivity contribution in [3.05, 3.63) is 10.1 Å². The molecule has 4 rings (SSSR count). The Morgan fingerprint density at radius 3 is 2.40 bits per heavy atom.